The molecule has 0 fully saturated rings. The number of pyridine rings is 1. The Kier molecular flexibility index (Phi) is 5.97. The molecule has 0 radical (unpaired) electrons. The maximum absolute atomic E-state index is 6.17. The summed E-state index contributed by atoms with van der Waals surface area (Å²) in [6, 6.07) is 46.6. The van der Waals surface area contributed by atoms with E-state index in [9.17, 15) is 0 Å². The van der Waals surface area contributed by atoms with Crippen molar-refractivity contribution >= 4 is 22.0 Å². The molecule has 204 valence electrons. The summed E-state index contributed by atoms with van der Waals surface area (Å²) in [5.74, 6) is 0.837. The second-order valence-corrected chi connectivity index (χ2v) is 10.7. The van der Waals surface area contributed by atoms with E-state index in [4.69, 9.17) is 9.40 Å². The monoisotopic (exact) mass is 553 g/mol. The van der Waals surface area contributed by atoms with Gasteiger partial charge in [0.05, 0.1) is 22.3 Å². The molecule has 0 unspecified atom stereocenters. The SMILES string of the molecule is Cc1cc(-c2ccc3occ(-c4nc5ccccc5n4-c4c(-c5ccccc5)cccc4-c4ccccc4)c3c2)ccn1. The van der Waals surface area contributed by atoms with Crippen molar-refractivity contribution in [1.29, 1.82) is 0 Å². The standard InChI is InChI=1S/C39H27N3O/c1-26-23-30(21-22-40-26)29-19-20-37-33(24-29)34(25-43-37)39-41-35-17-8-9-18-36(35)42(39)38-31(27-11-4-2-5-12-27)15-10-16-32(38)28-13-6-3-7-14-28/h2-25H,1H3. The van der Waals surface area contributed by atoms with Crippen LogP contribution in [0, 0.1) is 6.92 Å². The van der Waals surface area contributed by atoms with Crippen molar-refractivity contribution in [3.8, 4) is 50.5 Å². The minimum atomic E-state index is 0.822. The van der Waals surface area contributed by atoms with Crippen molar-refractivity contribution in [1.82, 2.24) is 14.5 Å². The summed E-state index contributed by atoms with van der Waals surface area (Å²) in [6.07, 6.45) is 3.70. The van der Waals surface area contributed by atoms with Crippen LogP contribution in [0.3, 0.4) is 0 Å². The van der Waals surface area contributed by atoms with Gasteiger partial charge >= 0.3 is 0 Å². The number of nitrogens with zero attached hydrogens (tertiary/aromatic N) is 3. The highest BCUT2D eigenvalue weighted by Crippen LogP contribution is 2.42. The summed E-state index contributed by atoms with van der Waals surface area (Å²) in [6.45, 7) is 2.02. The first-order valence-electron chi connectivity index (χ1n) is 14.4. The minimum Gasteiger partial charge on any atom is -0.464 e. The molecule has 4 heteroatoms. The maximum atomic E-state index is 6.17. The fraction of sp³-hybridized carbons (Fsp3) is 0.0256. The fourth-order valence-corrected chi connectivity index (χ4v) is 6.03. The summed E-state index contributed by atoms with van der Waals surface area (Å²) in [7, 11) is 0. The molecule has 5 aromatic carbocycles. The van der Waals surface area contributed by atoms with E-state index in [0.29, 0.717) is 0 Å². The van der Waals surface area contributed by atoms with Crippen LogP contribution in [0.2, 0.25) is 0 Å². The van der Waals surface area contributed by atoms with Crippen LogP contribution in [0.15, 0.2) is 150 Å². The molecule has 0 atom stereocenters. The largest absolute Gasteiger partial charge is 0.464 e. The van der Waals surface area contributed by atoms with Crippen LogP contribution in [0.1, 0.15) is 5.69 Å². The smallest absolute Gasteiger partial charge is 0.149 e. The lowest BCUT2D eigenvalue weighted by atomic mass is 9.95. The van der Waals surface area contributed by atoms with Gasteiger partial charge < -0.3 is 4.42 Å². The first-order chi connectivity index (χ1) is 21.2. The number of aromatic nitrogens is 3. The zero-order chi connectivity index (χ0) is 28.8. The number of rotatable bonds is 5. The van der Waals surface area contributed by atoms with Gasteiger partial charge in [-0.1, -0.05) is 97.1 Å². The Morgan fingerprint density at radius 3 is 1.98 bits per heavy atom. The van der Waals surface area contributed by atoms with Crippen LogP contribution in [0.25, 0.3) is 72.5 Å². The van der Waals surface area contributed by atoms with Crippen LogP contribution in [-0.4, -0.2) is 14.5 Å². The first kappa shape index (κ1) is 25.0. The van der Waals surface area contributed by atoms with Crippen LogP contribution in [0.5, 0.6) is 0 Å². The van der Waals surface area contributed by atoms with Crippen molar-refractivity contribution in [2.75, 3.05) is 0 Å². The molecule has 3 heterocycles. The Bertz CT molecular complexity index is 2190. The van der Waals surface area contributed by atoms with E-state index in [1.807, 2.05) is 37.6 Å². The lowest BCUT2D eigenvalue weighted by Crippen LogP contribution is -2.03. The predicted molar refractivity (Wildman–Crippen MR) is 175 cm³/mol. The molecule has 0 aliphatic heterocycles. The van der Waals surface area contributed by atoms with Gasteiger partial charge in [-0.25, -0.2) is 4.98 Å². The molecule has 0 saturated carbocycles. The Morgan fingerprint density at radius 2 is 1.26 bits per heavy atom. The molecule has 8 rings (SSSR count). The normalized spacial score (nSPS) is 11.4. The van der Waals surface area contributed by atoms with Crippen LogP contribution in [-0.2, 0) is 0 Å². The molecule has 0 saturated heterocycles. The van der Waals surface area contributed by atoms with E-state index < -0.39 is 0 Å². The third-order valence-electron chi connectivity index (χ3n) is 8.03. The number of hydrogen-bond donors (Lipinski definition) is 0. The molecular weight excluding hydrogens is 526 g/mol. The Labute approximate surface area is 249 Å². The molecule has 4 nitrogen and oxygen atoms in total. The van der Waals surface area contributed by atoms with Gasteiger partial charge in [0.25, 0.3) is 0 Å². The van der Waals surface area contributed by atoms with Gasteiger partial charge in [0.1, 0.15) is 17.7 Å². The number of furan rings is 1. The topological polar surface area (TPSA) is 43.9 Å². The van der Waals surface area contributed by atoms with Crippen LogP contribution >= 0.6 is 0 Å². The third kappa shape index (κ3) is 4.32. The van der Waals surface area contributed by atoms with Gasteiger partial charge in [0, 0.05) is 28.4 Å². The van der Waals surface area contributed by atoms with Crippen molar-refractivity contribution < 1.29 is 4.42 Å². The minimum absolute atomic E-state index is 0.822. The number of benzene rings is 5. The summed E-state index contributed by atoms with van der Waals surface area (Å²) in [5, 5.41) is 1.02. The maximum Gasteiger partial charge on any atom is 0.149 e. The number of fused-ring (bicyclic) bond motifs is 2. The summed E-state index contributed by atoms with van der Waals surface area (Å²) >= 11 is 0. The molecule has 0 N–H and O–H groups in total. The zero-order valence-corrected chi connectivity index (χ0v) is 23.6. The van der Waals surface area contributed by atoms with Crippen molar-refractivity contribution in [2.45, 2.75) is 6.92 Å². The summed E-state index contributed by atoms with van der Waals surface area (Å²) < 4.78 is 8.48. The average Bonchev–Trinajstić information content (AvgIpc) is 3.66. The quantitative estimate of drug-likeness (QED) is 0.213. The third-order valence-corrected chi connectivity index (χ3v) is 8.03. The Hall–Kier alpha value is -5.74. The summed E-state index contributed by atoms with van der Waals surface area (Å²) in [5.41, 5.74) is 12.6. The van der Waals surface area contributed by atoms with E-state index in [1.165, 1.54) is 0 Å². The molecule has 8 aromatic rings. The summed E-state index contributed by atoms with van der Waals surface area (Å²) in [4.78, 5) is 9.65. The van der Waals surface area contributed by atoms with Crippen LogP contribution < -0.4 is 0 Å². The molecule has 0 bridgehead atoms. The molecular formula is C39H27N3O. The molecule has 0 spiro atoms. The Balaban J connectivity index is 1.45. The zero-order valence-electron chi connectivity index (χ0n) is 23.6. The lowest BCUT2D eigenvalue weighted by Gasteiger charge is -2.19. The van der Waals surface area contributed by atoms with E-state index in [-0.39, 0.29) is 0 Å². The van der Waals surface area contributed by atoms with Gasteiger partial charge in [-0.05, 0) is 65.6 Å². The van der Waals surface area contributed by atoms with E-state index in [0.717, 1.165) is 78.2 Å². The van der Waals surface area contributed by atoms with Gasteiger partial charge in [0.2, 0.25) is 0 Å². The molecule has 0 amide bonds. The molecule has 0 aliphatic carbocycles. The molecule has 0 aliphatic rings. The van der Waals surface area contributed by atoms with E-state index in [2.05, 4.69) is 125 Å². The average molecular weight is 554 g/mol. The highest BCUT2D eigenvalue weighted by Gasteiger charge is 2.23. The Morgan fingerprint density at radius 1 is 0.581 bits per heavy atom. The highest BCUT2D eigenvalue weighted by molar-refractivity contribution is 5.99. The van der Waals surface area contributed by atoms with Gasteiger partial charge in [0.15, 0.2) is 0 Å². The molecule has 3 aromatic heterocycles. The second-order valence-electron chi connectivity index (χ2n) is 10.7. The van der Waals surface area contributed by atoms with E-state index in [1.54, 1.807) is 0 Å². The fourth-order valence-electron chi connectivity index (χ4n) is 6.03. The number of hydrogen-bond acceptors (Lipinski definition) is 3. The van der Waals surface area contributed by atoms with Crippen LogP contribution in [0.4, 0.5) is 0 Å². The number of imidazole rings is 1. The number of para-hydroxylation sites is 3. The predicted octanol–water partition coefficient (Wildman–Crippen LogP) is 10.1. The first-order valence-corrected chi connectivity index (χ1v) is 14.4. The second kappa shape index (κ2) is 10.3. The van der Waals surface area contributed by atoms with Gasteiger partial charge in [-0.2, -0.15) is 0 Å². The van der Waals surface area contributed by atoms with Gasteiger partial charge in [-0.15, -0.1) is 0 Å². The lowest BCUT2D eigenvalue weighted by molar-refractivity contribution is 0.616. The highest BCUT2D eigenvalue weighted by atomic mass is 16.3. The van der Waals surface area contributed by atoms with E-state index >= 15 is 0 Å². The van der Waals surface area contributed by atoms with Gasteiger partial charge in [-0.3, -0.25) is 9.55 Å². The van der Waals surface area contributed by atoms with Crippen molar-refractivity contribution in [3.05, 3.63) is 152 Å². The van der Waals surface area contributed by atoms with Crippen molar-refractivity contribution in [3.63, 3.8) is 0 Å². The molecule has 43 heavy (non-hydrogen) atoms. The number of aryl methyl sites for hydroxylation is 1. The van der Waals surface area contributed by atoms with Crippen molar-refractivity contribution in [2.24, 2.45) is 0 Å².